The van der Waals surface area contributed by atoms with Crippen molar-refractivity contribution in [3.63, 3.8) is 0 Å². The molecule has 0 fully saturated rings. The average molecular weight is 300 g/mol. The molecule has 0 bridgehead atoms. The normalized spacial score (nSPS) is 11.8. The second-order valence-electron chi connectivity index (χ2n) is 5.19. The molecule has 2 aromatic rings. The summed E-state index contributed by atoms with van der Waals surface area (Å²) in [4.78, 5) is 11.7. The number of carboxylic acid groups (broad SMARTS) is 1. The maximum atomic E-state index is 11.7. The Kier molecular flexibility index (Phi) is 5.04. The largest absolute Gasteiger partial charge is 0.497 e. The molecule has 0 aromatic heterocycles. The highest BCUT2D eigenvalue weighted by Gasteiger charge is 2.22. The molecule has 0 amide bonds. The van der Waals surface area contributed by atoms with E-state index in [1.807, 2.05) is 31.2 Å². The summed E-state index contributed by atoms with van der Waals surface area (Å²) in [5, 5.41) is 9.60. The highest BCUT2D eigenvalue weighted by molar-refractivity contribution is 5.77. The Bertz CT molecular complexity index is 664. The van der Waals surface area contributed by atoms with Gasteiger partial charge in [0.1, 0.15) is 11.5 Å². The zero-order valence-corrected chi connectivity index (χ0v) is 13.0. The second-order valence-corrected chi connectivity index (χ2v) is 5.19. The molecule has 0 aliphatic carbocycles. The predicted octanol–water partition coefficient (Wildman–Crippen LogP) is 3.42. The molecular formula is C18H20O4. The highest BCUT2D eigenvalue weighted by Crippen LogP contribution is 2.29. The van der Waals surface area contributed by atoms with Crippen LogP contribution in [0.25, 0.3) is 0 Å². The Labute approximate surface area is 130 Å². The van der Waals surface area contributed by atoms with Crippen molar-refractivity contribution in [1.82, 2.24) is 0 Å². The van der Waals surface area contributed by atoms with Gasteiger partial charge in [0, 0.05) is 0 Å². The molecular weight excluding hydrogens is 280 g/mol. The topological polar surface area (TPSA) is 55.8 Å². The lowest BCUT2D eigenvalue weighted by Crippen LogP contribution is -2.15. The number of carbonyl (C=O) groups is 1. The van der Waals surface area contributed by atoms with Crippen LogP contribution < -0.4 is 9.47 Å². The minimum absolute atomic E-state index is 0.368. The molecule has 116 valence electrons. The van der Waals surface area contributed by atoms with Crippen LogP contribution in [0.3, 0.4) is 0 Å². The summed E-state index contributed by atoms with van der Waals surface area (Å²) >= 11 is 0. The lowest BCUT2D eigenvalue weighted by molar-refractivity contribution is -0.138. The van der Waals surface area contributed by atoms with E-state index in [4.69, 9.17) is 9.47 Å². The zero-order chi connectivity index (χ0) is 16.1. The van der Waals surface area contributed by atoms with Gasteiger partial charge in [0.05, 0.1) is 20.1 Å². The Hall–Kier alpha value is -2.49. The van der Waals surface area contributed by atoms with Crippen molar-refractivity contribution in [3.05, 3.63) is 59.2 Å². The summed E-state index contributed by atoms with van der Waals surface area (Å²) < 4.78 is 10.5. The lowest BCUT2D eigenvalue weighted by atomic mass is 9.91. The molecule has 2 aromatic carbocycles. The maximum Gasteiger partial charge on any atom is 0.311 e. The minimum Gasteiger partial charge on any atom is -0.497 e. The van der Waals surface area contributed by atoms with Crippen LogP contribution in [0.4, 0.5) is 0 Å². The quantitative estimate of drug-likeness (QED) is 0.888. The SMILES string of the molecule is COc1cccc(C(Cc2cc(C)ccc2OC)C(=O)O)c1. The van der Waals surface area contributed by atoms with E-state index in [0.717, 1.165) is 16.7 Å². The molecule has 0 aliphatic heterocycles. The maximum absolute atomic E-state index is 11.7. The molecule has 0 spiro atoms. The Morgan fingerprint density at radius 2 is 1.91 bits per heavy atom. The van der Waals surface area contributed by atoms with E-state index in [2.05, 4.69) is 0 Å². The van der Waals surface area contributed by atoms with Crippen LogP contribution in [0.15, 0.2) is 42.5 Å². The summed E-state index contributed by atoms with van der Waals surface area (Å²) in [6, 6.07) is 13.0. The molecule has 0 radical (unpaired) electrons. The fourth-order valence-corrected chi connectivity index (χ4v) is 2.49. The van der Waals surface area contributed by atoms with E-state index >= 15 is 0 Å². The molecule has 4 heteroatoms. The fourth-order valence-electron chi connectivity index (χ4n) is 2.49. The van der Waals surface area contributed by atoms with Gasteiger partial charge >= 0.3 is 5.97 Å². The van der Waals surface area contributed by atoms with Gasteiger partial charge in [-0.3, -0.25) is 4.79 Å². The number of aryl methyl sites for hydroxylation is 1. The van der Waals surface area contributed by atoms with Gasteiger partial charge in [0.25, 0.3) is 0 Å². The summed E-state index contributed by atoms with van der Waals surface area (Å²) in [7, 11) is 3.16. The molecule has 22 heavy (non-hydrogen) atoms. The molecule has 2 rings (SSSR count). The summed E-state index contributed by atoms with van der Waals surface area (Å²) in [5.41, 5.74) is 2.68. The third-order valence-electron chi connectivity index (χ3n) is 3.65. The first-order chi connectivity index (χ1) is 10.5. The van der Waals surface area contributed by atoms with Crippen molar-refractivity contribution in [2.45, 2.75) is 19.3 Å². The number of hydrogen-bond acceptors (Lipinski definition) is 3. The summed E-state index contributed by atoms with van der Waals surface area (Å²) in [6.07, 6.45) is 0.368. The number of hydrogen-bond donors (Lipinski definition) is 1. The summed E-state index contributed by atoms with van der Waals surface area (Å²) in [6.45, 7) is 1.98. The van der Waals surface area contributed by atoms with Gasteiger partial charge in [-0.05, 0) is 42.7 Å². The Morgan fingerprint density at radius 3 is 2.55 bits per heavy atom. The van der Waals surface area contributed by atoms with Crippen molar-refractivity contribution < 1.29 is 19.4 Å². The molecule has 0 aliphatic rings. The highest BCUT2D eigenvalue weighted by atomic mass is 16.5. The molecule has 1 unspecified atom stereocenters. The molecule has 0 saturated carbocycles. The van der Waals surface area contributed by atoms with Crippen molar-refractivity contribution in [2.24, 2.45) is 0 Å². The Morgan fingerprint density at radius 1 is 1.14 bits per heavy atom. The van der Waals surface area contributed by atoms with Crippen LogP contribution in [-0.4, -0.2) is 25.3 Å². The predicted molar refractivity (Wildman–Crippen MR) is 84.8 cm³/mol. The monoisotopic (exact) mass is 300 g/mol. The van der Waals surface area contributed by atoms with E-state index in [-0.39, 0.29) is 0 Å². The minimum atomic E-state index is -0.864. The molecule has 0 saturated heterocycles. The van der Waals surface area contributed by atoms with Crippen molar-refractivity contribution in [3.8, 4) is 11.5 Å². The number of aliphatic carboxylic acids is 1. The van der Waals surface area contributed by atoms with Gasteiger partial charge in [-0.15, -0.1) is 0 Å². The van der Waals surface area contributed by atoms with Crippen LogP contribution in [-0.2, 0) is 11.2 Å². The smallest absolute Gasteiger partial charge is 0.311 e. The van der Waals surface area contributed by atoms with Crippen LogP contribution >= 0.6 is 0 Å². The number of rotatable bonds is 6. The standard InChI is InChI=1S/C18H20O4/c1-12-7-8-17(22-3)14(9-12)11-16(18(19)20)13-5-4-6-15(10-13)21-2/h4-10,16H,11H2,1-3H3,(H,19,20). The van der Waals surface area contributed by atoms with Crippen molar-refractivity contribution >= 4 is 5.97 Å². The average Bonchev–Trinajstić information content (AvgIpc) is 2.52. The summed E-state index contributed by atoms with van der Waals surface area (Å²) in [5.74, 6) is -0.151. The number of carboxylic acids is 1. The number of methoxy groups -OCH3 is 2. The fraction of sp³-hybridized carbons (Fsp3) is 0.278. The van der Waals surface area contributed by atoms with E-state index in [1.54, 1.807) is 32.4 Å². The second kappa shape index (κ2) is 6.98. The first-order valence-electron chi connectivity index (χ1n) is 7.05. The third-order valence-corrected chi connectivity index (χ3v) is 3.65. The molecule has 0 heterocycles. The van der Waals surface area contributed by atoms with E-state index < -0.39 is 11.9 Å². The lowest BCUT2D eigenvalue weighted by Gasteiger charge is -2.16. The van der Waals surface area contributed by atoms with E-state index in [1.165, 1.54) is 0 Å². The Balaban J connectivity index is 2.37. The molecule has 1 N–H and O–H groups in total. The van der Waals surface area contributed by atoms with Gasteiger partial charge in [-0.2, -0.15) is 0 Å². The van der Waals surface area contributed by atoms with E-state index in [9.17, 15) is 9.90 Å². The van der Waals surface area contributed by atoms with Crippen LogP contribution in [0.2, 0.25) is 0 Å². The van der Waals surface area contributed by atoms with Gasteiger partial charge in [-0.25, -0.2) is 0 Å². The first kappa shape index (κ1) is 15.9. The molecule has 4 nitrogen and oxygen atoms in total. The van der Waals surface area contributed by atoms with Crippen LogP contribution in [0.1, 0.15) is 22.6 Å². The van der Waals surface area contributed by atoms with Gasteiger partial charge < -0.3 is 14.6 Å². The molecule has 1 atom stereocenters. The number of ether oxygens (including phenoxy) is 2. The number of benzene rings is 2. The van der Waals surface area contributed by atoms with Gasteiger partial charge in [-0.1, -0.05) is 29.8 Å². The van der Waals surface area contributed by atoms with Crippen molar-refractivity contribution in [2.75, 3.05) is 14.2 Å². The van der Waals surface area contributed by atoms with Gasteiger partial charge in [0.15, 0.2) is 0 Å². The zero-order valence-electron chi connectivity index (χ0n) is 13.0. The first-order valence-corrected chi connectivity index (χ1v) is 7.05. The van der Waals surface area contributed by atoms with Crippen LogP contribution in [0, 0.1) is 6.92 Å². The van der Waals surface area contributed by atoms with Crippen molar-refractivity contribution in [1.29, 1.82) is 0 Å². The van der Waals surface area contributed by atoms with E-state index in [0.29, 0.717) is 17.9 Å². The van der Waals surface area contributed by atoms with Crippen LogP contribution in [0.5, 0.6) is 11.5 Å². The van der Waals surface area contributed by atoms with Gasteiger partial charge in [0.2, 0.25) is 0 Å². The third kappa shape index (κ3) is 3.58.